The molecule has 0 aliphatic heterocycles. The van der Waals surface area contributed by atoms with E-state index in [0.717, 1.165) is 55.7 Å². The topological polar surface area (TPSA) is 73.8 Å². The molecule has 0 radical (unpaired) electrons. The predicted octanol–water partition coefficient (Wildman–Crippen LogP) is 6.66. The van der Waals surface area contributed by atoms with Gasteiger partial charge in [-0.05, 0) is 91.3 Å². The van der Waals surface area contributed by atoms with Gasteiger partial charge in [0.1, 0.15) is 11.5 Å². The van der Waals surface area contributed by atoms with Crippen LogP contribution in [0.3, 0.4) is 0 Å². The van der Waals surface area contributed by atoms with E-state index in [9.17, 15) is 0 Å². The first kappa shape index (κ1) is 35.0. The summed E-state index contributed by atoms with van der Waals surface area (Å²) in [7, 11) is -5.19. The van der Waals surface area contributed by atoms with Gasteiger partial charge in [-0.2, -0.15) is 0 Å². The van der Waals surface area contributed by atoms with Gasteiger partial charge in [0.25, 0.3) is 0 Å². The van der Waals surface area contributed by atoms with Gasteiger partial charge < -0.3 is 36.0 Å². The largest absolute Gasteiger partial charge is 0.500 e. The van der Waals surface area contributed by atoms with Gasteiger partial charge in [-0.3, -0.25) is 0 Å². The van der Waals surface area contributed by atoms with E-state index in [-0.39, 0.29) is 0 Å². The van der Waals surface area contributed by atoms with Gasteiger partial charge in [0.2, 0.25) is 0 Å². The first-order valence-electron chi connectivity index (χ1n) is 14.7. The van der Waals surface area contributed by atoms with Gasteiger partial charge in [0, 0.05) is 57.8 Å². The van der Waals surface area contributed by atoms with Crippen LogP contribution in [0.15, 0.2) is 18.2 Å². The van der Waals surface area contributed by atoms with Crippen LogP contribution in [0.2, 0.25) is 12.1 Å². The van der Waals surface area contributed by atoms with Gasteiger partial charge in [-0.1, -0.05) is 6.92 Å². The minimum absolute atomic E-state index is 0.601. The zero-order valence-electron chi connectivity index (χ0n) is 25.1. The Hall–Kier alpha value is -0.986. The summed E-state index contributed by atoms with van der Waals surface area (Å²) in [6.07, 6.45) is 4.58. The maximum Gasteiger partial charge on any atom is 0.500 e. The summed E-state index contributed by atoms with van der Waals surface area (Å²) in [5, 5.41) is 0. The molecule has 0 fully saturated rings. The van der Waals surface area contributed by atoms with Gasteiger partial charge in [-0.25, -0.2) is 0 Å². The van der Waals surface area contributed by atoms with E-state index in [1.165, 1.54) is 5.56 Å². The Balaban J connectivity index is 2.56. The molecule has 0 heterocycles. The highest BCUT2D eigenvalue weighted by atomic mass is 28.4. The quantitative estimate of drug-likeness (QED) is 0.0948. The van der Waals surface area contributed by atoms with Gasteiger partial charge in [-0.15, -0.1) is 0 Å². The molecule has 0 saturated carbocycles. The second-order valence-corrected chi connectivity index (χ2v) is 14.2. The fourth-order valence-electron chi connectivity index (χ4n) is 4.27. The molecule has 0 N–H and O–H groups in total. The number of hydrogen-bond donors (Lipinski definition) is 0. The lowest BCUT2D eigenvalue weighted by atomic mass is 10.1. The molecule has 38 heavy (non-hydrogen) atoms. The maximum atomic E-state index is 6.11. The second-order valence-electron chi connectivity index (χ2n) is 8.74. The van der Waals surface area contributed by atoms with Crippen LogP contribution in [0.4, 0.5) is 0 Å². The van der Waals surface area contributed by atoms with E-state index in [1.54, 1.807) is 0 Å². The molecule has 0 aliphatic carbocycles. The van der Waals surface area contributed by atoms with Crippen LogP contribution in [0.25, 0.3) is 0 Å². The lowest BCUT2D eigenvalue weighted by Gasteiger charge is -2.28. The van der Waals surface area contributed by atoms with Crippen LogP contribution in [0.5, 0.6) is 11.5 Å². The summed E-state index contributed by atoms with van der Waals surface area (Å²) in [4.78, 5) is 0. The third-order valence-corrected chi connectivity index (χ3v) is 12.1. The van der Waals surface area contributed by atoms with E-state index in [1.807, 2.05) is 47.6 Å². The molecule has 1 aromatic rings. The van der Waals surface area contributed by atoms with Crippen molar-refractivity contribution in [2.45, 2.75) is 92.7 Å². The van der Waals surface area contributed by atoms with Crippen molar-refractivity contribution in [2.75, 3.05) is 52.9 Å². The van der Waals surface area contributed by atoms with Crippen molar-refractivity contribution in [3.63, 3.8) is 0 Å². The lowest BCUT2D eigenvalue weighted by Crippen LogP contribution is -2.45. The van der Waals surface area contributed by atoms with E-state index in [2.05, 4.69) is 19.1 Å². The molecule has 0 bridgehead atoms. The van der Waals surface area contributed by atoms with E-state index >= 15 is 0 Å². The van der Waals surface area contributed by atoms with Crippen LogP contribution < -0.4 is 9.47 Å². The Kier molecular flexibility index (Phi) is 19.2. The monoisotopic (exact) mass is 574 g/mol. The average molecular weight is 575 g/mol. The Morgan fingerprint density at radius 3 is 1.11 bits per heavy atom. The number of hydrogen-bond acceptors (Lipinski definition) is 8. The Morgan fingerprint density at radius 1 is 0.474 bits per heavy atom. The van der Waals surface area contributed by atoms with Crippen molar-refractivity contribution in [3.05, 3.63) is 23.8 Å². The third-order valence-electron chi connectivity index (χ3n) is 5.83. The standard InChI is InChI=1S/C28H54O8Si2/c1-8-26-23-27(29-19-15-17-21-37(31-9-2,32-10-3)33-11-4)25-28(24-26)30-20-16-18-22-38(34-12-5,35-13-6)36-14-7/h23-25H,8-22H2,1-7H3. The fourth-order valence-corrected chi connectivity index (χ4v) is 9.64. The van der Waals surface area contributed by atoms with E-state index in [0.29, 0.717) is 52.9 Å². The highest BCUT2D eigenvalue weighted by Crippen LogP contribution is 2.25. The number of rotatable bonds is 25. The molecule has 0 amide bonds. The van der Waals surface area contributed by atoms with Crippen LogP contribution >= 0.6 is 0 Å². The van der Waals surface area contributed by atoms with Crippen LogP contribution in [0.1, 0.15) is 79.7 Å². The Morgan fingerprint density at radius 2 is 0.816 bits per heavy atom. The van der Waals surface area contributed by atoms with Crippen molar-refractivity contribution in [2.24, 2.45) is 0 Å². The van der Waals surface area contributed by atoms with Gasteiger partial charge in [0.05, 0.1) is 13.2 Å². The third kappa shape index (κ3) is 13.4. The number of unbranched alkanes of at least 4 members (excludes halogenated alkanes) is 2. The van der Waals surface area contributed by atoms with Crippen molar-refractivity contribution in [3.8, 4) is 11.5 Å². The fraction of sp³-hybridized carbons (Fsp3) is 0.786. The van der Waals surface area contributed by atoms with Crippen LogP contribution in [0, 0.1) is 0 Å². The highest BCUT2D eigenvalue weighted by molar-refractivity contribution is 6.61. The molecule has 0 spiro atoms. The number of benzene rings is 1. The predicted molar refractivity (Wildman–Crippen MR) is 156 cm³/mol. The molecule has 0 atom stereocenters. The molecule has 1 aromatic carbocycles. The molecule has 10 heteroatoms. The normalized spacial score (nSPS) is 12.2. The molecule has 0 saturated heterocycles. The minimum Gasteiger partial charge on any atom is -0.493 e. The SMILES string of the molecule is CCO[Si](CCCCOc1cc(CC)cc(OCCCC[Si](OCC)(OCC)OCC)c1)(OCC)OCC. The average Bonchev–Trinajstić information content (AvgIpc) is 2.89. The first-order valence-corrected chi connectivity index (χ1v) is 18.5. The molecule has 0 unspecified atom stereocenters. The molecule has 222 valence electrons. The maximum absolute atomic E-state index is 6.11. The summed E-state index contributed by atoms with van der Waals surface area (Å²) < 4.78 is 47.9. The molecular formula is C28H54O8Si2. The Bertz CT molecular complexity index is 634. The summed E-state index contributed by atoms with van der Waals surface area (Å²) >= 11 is 0. The van der Waals surface area contributed by atoms with Crippen molar-refractivity contribution in [1.82, 2.24) is 0 Å². The molecule has 1 rings (SSSR count). The Labute approximate surface area is 234 Å². The van der Waals surface area contributed by atoms with Crippen molar-refractivity contribution >= 4 is 17.6 Å². The lowest BCUT2D eigenvalue weighted by molar-refractivity contribution is 0.0696. The van der Waals surface area contributed by atoms with Gasteiger partial charge in [0.15, 0.2) is 0 Å². The van der Waals surface area contributed by atoms with Gasteiger partial charge >= 0.3 is 17.6 Å². The molecule has 0 aromatic heterocycles. The molecule has 8 nitrogen and oxygen atoms in total. The summed E-state index contributed by atoms with van der Waals surface area (Å²) in [5.74, 6) is 1.69. The molecule has 0 aliphatic rings. The summed E-state index contributed by atoms with van der Waals surface area (Å²) in [6.45, 7) is 18.9. The minimum atomic E-state index is -2.59. The second kappa shape index (κ2) is 20.9. The zero-order valence-corrected chi connectivity index (χ0v) is 27.1. The van der Waals surface area contributed by atoms with Crippen molar-refractivity contribution < 1.29 is 36.0 Å². The number of aryl methyl sites for hydroxylation is 1. The summed E-state index contributed by atoms with van der Waals surface area (Å²) in [5.41, 5.74) is 1.20. The zero-order chi connectivity index (χ0) is 28.1. The van der Waals surface area contributed by atoms with E-state index < -0.39 is 17.6 Å². The van der Waals surface area contributed by atoms with Crippen molar-refractivity contribution in [1.29, 1.82) is 0 Å². The smallest absolute Gasteiger partial charge is 0.493 e. The first-order chi connectivity index (χ1) is 18.5. The van der Waals surface area contributed by atoms with Crippen LogP contribution in [-0.4, -0.2) is 70.5 Å². The van der Waals surface area contributed by atoms with E-state index in [4.69, 9.17) is 36.0 Å². The highest BCUT2D eigenvalue weighted by Gasteiger charge is 2.40. The van der Waals surface area contributed by atoms with Crippen LogP contribution in [-0.2, 0) is 33.0 Å². The molecular weight excluding hydrogens is 520 g/mol. The summed E-state index contributed by atoms with van der Waals surface area (Å²) in [6, 6.07) is 7.78. The number of ether oxygens (including phenoxy) is 2.